The highest BCUT2D eigenvalue weighted by atomic mass is 32.2. The lowest BCUT2D eigenvalue weighted by molar-refractivity contribution is -0.137. The molecule has 3 rings (SSSR count). The normalized spacial score (nSPS) is 12.8. The fraction of sp³-hybridized carbons (Fsp3) is 0.333. The number of hydrogen-bond acceptors (Lipinski definition) is 4. The van der Waals surface area contributed by atoms with Gasteiger partial charge in [0.1, 0.15) is 5.75 Å². The van der Waals surface area contributed by atoms with E-state index in [1.165, 1.54) is 23.9 Å². The highest BCUT2D eigenvalue weighted by Crippen LogP contribution is 2.32. The number of aromatic nitrogens is 3. The number of rotatable bonds is 7. The smallest absolute Gasteiger partial charge is 0.416 e. The van der Waals surface area contributed by atoms with E-state index in [9.17, 15) is 13.2 Å². The van der Waals surface area contributed by atoms with Crippen LogP contribution in [-0.4, -0.2) is 14.8 Å². The lowest BCUT2D eigenvalue weighted by Crippen LogP contribution is -2.12. The molecule has 0 saturated carbocycles. The third-order valence-corrected chi connectivity index (χ3v) is 5.48. The van der Waals surface area contributed by atoms with Crippen molar-refractivity contribution in [2.45, 2.75) is 50.5 Å². The first kappa shape index (κ1) is 21.2. The minimum Gasteiger partial charge on any atom is -0.482 e. The number of thioether (sulfide) groups is 1. The maximum Gasteiger partial charge on any atom is 0.416 e. The molecule has 8 heteroatoms. The highest BCUT2D eigenvalue weighted by Gasteiger charge is 2.30. The summed E-state index contributed by atoms with van der Waals surface area (Å²) in [6.07, 6.45) is -4.66. The summed E-state index contributed by atoms with van der Waals surface area (Å²) >= 11 is 1.36. The van der Waals surface area contributed by atoms with Crippen LogP contribution in [0.1, 0.15) is 42.5 Å². The van der Waals surface area contributed by atoms with Crippen molar-refractivity contribution in [2.75, 3.05) is 0 Å². The molecule has 4 nitrogen and oxygen atoms in total. The summed E-state index contributed by atoms with van der Waals surface area (Å²) in [7, 11) is 0. The molecule has 29 heavy (non-hydrogen) atoms. The number of para-hydroxylation sites is 1. The Balaban J connectivity index is 1.74. The fourth-order valence-corrected chi connectivity index (χ4v) is 3.87. The molecular formula is C21H22F3N3OS. The Morgan fingerprint density at radius 1 is 1.10 bits per heavy atom. The third-order valence-electron chi connectivity index (χ3n) is 4.44. The van der Waals surface area contributed by atoms with Gasteiger partial charge >= 0.3 is 6.18 Å². The molecule has 0 aliphatic rings. The van der Waals surface area contributed by atoms with Gasteiger partial charge in [-0.2, -0.15) is 13.2 Å². The van der Waals surface area contributed by atoms with Gasteiger partial charge in [-0.15, -0.1) is 10.2 Å². The van der Waals surface area contributed by atoms with E-state index in [0.717, 1.165) is 17.4 Å². The third kappa shape index (κ3) is 5.12. The summed E-state index contributed by atoms with van der Waals surface area (Å²) < 4.78 is 46.7. The van der Waals surface area contributed by atoms with Crippen LogP contribution in [0.25, 0.3) is 0 Å². The van der Waals surface area contributed by atoms with Crippen LogP contribution in [0.3, 0.4) is 0 Å². The number of nitrogens with zero attached hydrogens (tertiary/aromatic N) is 3. The molecule has 0 N–H and O–H groups in total. The number of hydrogen-bond donors (Lipinski definition) is 0. The van der Waals surface area contributed by atoms with Crippen LogP contribution in [-0.2, 0) is 18.5 Å². The first-order chi connectivity index (χ1) is 13.8. The van der Waals surface area contributed by atoms with Crippen LogP contribution in [0, 0.1) is 6.92 Å². The molecule has 0 spiro atoms. The van der Waals surface area contributed by atoms with Gasteiger partial charge in [0.05, 0.1) is 5.56 Å². The van der Waals surface area contributed by atoms with Crippen molar-refractivity contribution >= 4 is 11.8 Å². The maximum atomic E-state index is 12.9. The molecule has 0 saturated heterocycles. The van der Waals surface area contributed by atoms with E-state index in [0.29, 0.717) is 28.8 Å². The molecule has 154 valence electrons. The van der Waals surface area contributed by atoms with Crippen molar-refractivity contribution in [3.8, 4) is 5.75 Å². The van der Waals surface area contributed by atoms with Gasteiger partial charge in [-0.25, -0.2) is 0 Å². The molecule has 0 fully saturated rings. The van der Waals surface area contributed by atoms with E-state index < -0.39 is 11.7 Å². The molecule has 1 unspecified atom stereocenters. The lowest BCUT2D eigenvalue weighted by atomic mass is 10.1. The van der Waals surface area contributed by atoms with Crippen molar-refractivity contribution in [3.63, 3.8) is 0 Å². The molecule has 0 radical (unpaired) electrons. The summed E-state index contributed by atoms with van der Waals surface area (Å²) in [4.78, 5) is 0. The van der Waals surface area contributed by atoms with E-state index >= 15 is 0 Å². The van der Waals surface area contributed by atoms with Gasteiger partial charge in [-0.1, -0.05) is 48.2 Å². The molecule has 2 aromatic carbocycles. The topological polar surface area (TPSA) is 39.9 Å². The van der Waals surface area contributed by atoms with Crippen LogP contribution in [0.4, 0.5) is 13.2 Å². The van der Waals surface area contributed by atoms with Crippen molar-refractivity contribution in [1.29, 1.82) is 0 Å². The Hall–Kier alpha value is -2.48. The maximum absolute atomic E-state index is 12.9. The average molecular weight is 421 g/mol. The summed E-state index contributed by atoms with van der Waals surface area (Å²) in [6.45, 7) is 6.49. The second-order valence-electron chi connectivity index (χ2n) is 6.60. The molecule has 1 atom stereocenters. The van der Waals surface area contributed by atoms with Crippen LogP contribution in [0.15, 0.2) is 53.7 Å². The van der Waals surface area contributed by atoms with Crippen molar-refractivity contribution < 1.29 is 17.9 Å². The predicted molar refractivity (Wildman–Crippen MR) is 107 cm³/mol. The average Bonchev–Trinajstić information content (AvgIpc) is 3.11. The van der Waals surface area contributed by atoms with Crippen LogP contribution in [0.2, 0.25) is 0 Å². The Bertz CT molecular complexity index is 972. The number of alkyl halides is 3. The first-order valence-electron chi connectivity index (χ1n) is 9.24. The zero-order chi connectivity index (χ0) is 21.0. The van der Waals surface area contributed by atoms with Gasteiger partial charge in [-0.05, 0) is 44.0 Å². The van der Waals surface area contributed by atoms with E-state index in [4.69, 9.17) is 4.74 Å². The van der Waals surface area contributed by atoms with Gasteiger partial charge in [-0.3, -0.25) is 0 Å². The fourth-order valence-electron chi connectivity index (χ4n) is 2.92. The minimum atomic E-state index is -4.35. The molecule has 1 heterocycles. The molecule has 3 aromatic rings. The van der Waals surface area contributed by atoms with Crippen molar-refractivity contribution in [1.82, 2.24) is 14.8 Å². The zero-order valence-electron chi connectivity index (χ0n) is 16.4. The SMILES string of the molecule is CCn1c(SCc2cccc(C(F)(F)F)c2)nnc1C(C)Oc1ccccc1C. The summed E-state index contributed by atoms with van der Waals surface area (Å²) in [5, 5.41) is 9.15. The summed E-state index contributed by atoms with van der Waals surface area (Å²) in [5.74, 6) is 1.83. The Morgan fingerprint density at radius 3 is 2.55 bits per heavy atom. The van der Waals surface area contributed by atoms with Crippen LogP contribution in [0.5, 0.6) is 5.75 Å². The standard InChI is InChI=1S/C21H22F3N3OS/c1-4-27-19(15(3)28-18-11-6-5-8-14(18)2)25-26-20(27)29-13-16-9-7-10-17(12-16)21(22,23)24/h5-12,15H,4,13H2,1-3H3. The van der Waals surface area contributed by atoms with Gasteiger partial charge in [0.2, 0.25) is 0 Å². The molecule has 1 aromatic heterocycles. The number of halogens is 3. The summed E-state index contributed by atoms with van der Waals surface area (Å²) in [5.41, 5.74) is 0.968. The van der Waals surface area contributed by atoms with E-state index in [1.54, 1.807) is 6.07 Å². The molecular weight excluding hydrogens is 399 g/mol. The molecule has 0 bridgehead atoms. The van der Waals surface area contributed by atoms with Gasteiger partial charge in [0, 0.05) is 12.3 Å². The van der Waals surface area contributed by atoms with Crippen molar-refractivity contribution in [3.05, 3.63) is 71.0 Å². The van der Waals surface area contributed by atoms with E-state index in [1.807, 2.05) is 49.6 Å². The largest absolute Gasteiger partial charge is 0.482 e. The monoisotopic (exact) mass is 421 g/mol. The molecule has 0 aliphatic carbocycles. The number of benzene rings is 2. The molecule has 0 amide bonds. The number of ether oxygens (including phenoxy) is 1. The second kappa shape index (κ2) is 8.90. The minimum absolute atomic E-state index is 0.313. The Kier molecular flexibility index (Phi) is 6.52. The van der Waals surface area contributed by atoms with E-state index in [-0.39, 0.29) is 6.10 Å². The zero-order valence-corrected chi connectivity index (χ0v) is 17.2. The van der Waals surface area contributed by atoms with Crippen LogP contribution >= 0.6 is 11.8 Å². The van der Waals surface area contributed by atoms with Gasteiger partial charge in [0.15, 0.2) is 17.1 Å². The molecule has 0 aliphatic heterocycles. The quantitative estimate of drug-likeness (QED) is 0.435. The highest BCUT2D eigenvalue weighted by molar-refractivity contribution is 7.98. The Labute approximate surface area is 172 Å². The lowest BCUT2D eigenvalue weighted by Gasteiger charge is -2.17. The Morgan fingerprint density at radius 2 is 1.86 bits per heavy atom. The predicted octanol–water partition coefficient (Wildman–Crippen LogP) is 6.06. The van der Waals surface area contributed by atoms with Gasteiger partial charge < -0.3 is 9.30 Å². The van der Waals surface area contributed by atoms with E-state index in [2.05, 4.69) is 10.2 Å². The van der Waals surface area contributed by atoms with Crippen LogP contribution < -0.4 is 4.74 Å². The first-order valence-corrected chi connectivity index (χ1v) is 10.2. The second-order valence-corrected chi connectivity index (χ2v) is 7.54. The van der Waals surface area contributed by atoms with Gasteiger partial charge in [0.25, 0.3) is 0 Å². The number of aryl methyl sites for hydroxylation is 1. The van der Waals surface area contributed by atoms with Crippen molar-refractivity contribution in [2.24, 2.45) is 0 Å². The summed E-state index contributed by atoms with van der Waals surface area (Å²) in [6, 6.07) is 13.1.